The van der Waals surface area contributed by atoms with Crippen molar-refractivity contribution in [2.45, 2.75) is 38.6 Å². The first-order chi connectivity index (χ1) is 19.8. The fourth-order valence-corrected chi connectivity index (χ4v) is 5.40. The van der Waals surface area contributed by atoms with Gasteiger partial charge in [0.15, 0.2) is 6.61 Å². The van der Waals surface area contributed by atoms with Crippen molar-refractivity contribution in [1.82, 2.24) is 5.01 Å². The lowest BCUT2D eigenvalue weighted by Gasteiger charge is -2.25. The zero-order chi connectivity index (χ0) is 28.9. The number of rotatable bonds is 9. The quantitative estimate of drug-likeness (QED) is 0.404. The van der Waals surface area contributed by atoms with Crippen LogP contribution in [0.2, 0.25) is 0 Å². The Hall–Kier alpha value is -4.97. The van der Waals surface area contributed by atoms with Gasteiger partial charge in [0.25, 0.3) is 5.91 Å². The van der Waals surface area contributed by atoms with E-state index in [9.17, 15) is 24.8 Å². The molecule has 9 nitrogen and oxygen atoms in total. The molecule has 0 bridgehead atoms. The van der Waals surface area contributed by atoms with Crippen molar-refractivity contribution in [2.24, 2.45) is 16.9 Å². The van der Waals surface area contributed by atoms with Crippen molar-refractivity contribution in [3.63, 3.8) is 0 Å². The van der Waals surface area contributed by atoms with Gasteiger partial charge >= 0.3 is 5.97 Å². The fourth-order valence-electron chi connectivity index (χ4n) is 5.40. The van der Waals surface area contributed by atoms with Crippen molar-refractivity contribution in [1.29, 1.82) is 5.26 Å². The molecule has 1 heterocycles. The number of nitriles is 1. The number of hydrogen-bond donors (Lipinski definition) is 2. The number of amides is 2. The van der Waals surface area contributed by atoms with Crippen LogP contribution < -0.4 is 5.32 Å². The number of fused-ring (bicyclic) bond motifs is 1. The fraction of sp³-hybridized carbons (Fsp3) is 0.281. The lowest BCUT2D eigenvalue weighted by molar-refractivity contribution is -0.141. The van der Waals surface area contributed by atoms with E-state index in [1.165, 1.54) is 5.01 Å². The Labute approximate surface area is 238 Å². The zero-order valence-electron chi connectivity index (χ0n) is 22.6. The lowest BCUT2D eigenvalue weighted by atomic mass is 9.84. The van der Waals surface area contributed by atoms with Gasteiger partial charge in [0.05, 0.1) is 24.4 Å². The minimum atomic E-state index is -0.847. The van der Waals surface area contributed by atoms with Crippen LogP contribution in [0.5, 0.6) is 0 Å². The maximum atomic E-state index is 13.6. The number of carbonyl (C=O) groups is 3. The average Bonchev–Trinajstić information content (AvgIpc) is 3.42. The monoisotopic (exact) mass is 550 g/mol. The summed E-state index contributed by atoms with van der Waals surface area (Å²) >= 11 is 0. The van der Waals surface area contributed by atoms with Crippen LogP contribution >= 0.6 is 0 Å². The highest BCUT2D eigenvalue weighted by Gasteiger charge is 2.32. The van der Waals surface area contributed by atoms with Gasteiger partial charge < -0.3 is 15.2 Å². The van der Waals surface area contributed by atoms with Crippen LogP contribution in [-0.2, 0) is 38.5 Å². The van der Waals surface area contributed by atoms with Gasteiger partial charge in [-0.1, -0.05) is 61.5 Å². The highest BCUT2D eigenvalue weighted by molar-refractivity contribution is 5.98. The number of nitrogens with zero attached hydrogens (tertiary/aromatic N) is 3. The first kappa shape index (κ1) is 27.6. The number of hydrogen-bond acceptors (Lipinski definition) is 6. The molecule has 0 spiro atoms. The Morgan fingerprint density at radius 2 is 1.85 bits per heavy atom. The number of carbonyl (C=O) groups excluding carboxylic acids is 2. The Bertz CT molecular complexity index is 1530. The summed E-state index contributed by atoms with van der Waals surface area (Å²) < 4.78 is 5.52. The number of anilines is 1. The van der Waals surface area contributed by atoms with Crippen LogP contribution in [0, 0.1) is 23.2 Å². The molecule has 2 aliphatic rings. The Morgan fingerprint density at radius 1 is 1.10 bits per heavy atom. The zero-order valence-corrected chi connectivity index (χ0v) is 22.6. The number of carboxylic acid groups (broad SMARTS) is 1. The molecule has 208 valence electrons. The third kappa shape index (κ3) is 6.12. The van der Waals surface area contributed by atoms with Gasteiger partial charge in [-0.3, -0.25) is 14.4 Å². The van der Waals surface area contributed by atoms with Crippen molar-refractivity contribution in [3.05, 3.63) is 101 Å². The molecule has 0 saturated heterocycles. The Balaban J connectivity index is 1.34. The molecule has 0 aromatic heterocycles. The molecule has 2 N–H and O–H groups in total. The van der Waals surface area contributed by atoms with E-state index in [0.717, 1.165) is 27.8 Å². The molecular weight excluding hydrogens is 520 g/mol. The molecule has 0 saturated carbocycles. The van der Waals surface area contributed by atoms with Crippen LogP contribution in [-0.4, -0.2) is 40.4 Å². The second kappa shape index (κ2) is 12.0. The minimum Gasteiger partial charge on any atom is -0.481 e. The predicted molar refractivity (Wildman–Crippen MR) is 152 cm³/mol. The number of ether oxygens (including phenoxy) is 1. The third-order valence-electron chi connectivity index (χ3n) is 7.59. The van der Waals surface area contributed by atoms with E-state index in [1.54, 1.807) is 6.07 Å². The molecule has 3 atom stereocenters. The normalized spacial score (nSPS) is 17.5. The van der Waals surface area contributed by atoms with Gasteiger partial charge in [-0.25, -0.2) is 5.01 Å². The largest absolute Gasteiger partial charge is 0.481 e. The first-order valence-corrected chi connectivity index (χ1v) is 13.5. The first-order valence-electron chi connectivity index (χ1n) is 13.5. The molecule has 3 aromatic rings. The van der Waals surface area contributed by atoms with Crippen molar-refractivity contribution in [2.75, 3.05) is 11.9 Å². The molecular formula is C32H30N4O5. The van der Waals surface area contributed by atoms with Crippen LogP contribution in [0.1, 0.15) is 47.1 Å². The van der Waals surface area contributed by atoms with E-state index < -0.39 is 17.8 Å². The smallest absolute Gasteiger partial charge is 0.307 e. The Kier molecular flexibility index (Phi) is 8.11. The second-order valence-electron chi connectivity index (χ2n) is 10.4. The van der Waals surface area contributed by atoms with Crippen LogP contribution in [0.4, 0.5) is 5.69 Å². The highest BCUT2D eigenvalue weighted by Crippen LogP contribution is 2.35. The molecule has 0 fully saturated rings. The minimum absolute atomic E-state index is 0.101. The van der Waals surface area contributed by atoms with Gasteiger partial charge in [-0.2, -0.15) is 5.26 Å². The summed E-state index contributed by atoms with van der Waals surface area (Å²) in [5.74, 6) is -2.36. The molecule has 41 heavy (non-hydrogen) atoms. The predicted octanol–water partition coefficient (Wildman–Crippen LogP) is 4.48. The maximum absolute atomic E-state index is 13.6. The Morgan fingerprint density at radius 3 is 2.56 bits per heavy atom. The summed E-state index contributed by atoms with van der Waals surface area (Å²) in [7, 11) is 0. The van der Waals surface area contributed by atoms with Crippen molar-refractivity contribution < 1.29 is 24.2 Å². The standard InChI is InChI=1S/C32H30N4O5/c1-20(14-15-33)29(30(38)34-27-9-5-8-24-16-25(32(39)40)17-26(24)27)22-12-10-21(11-13-22)18-36-28(37)19-41-31(35-36)23-6-3-2-4-7-23/h2-13,20,25,29H,14,16-19H2,1H3,(H,34,38)(H,39,40). The highest BCUT2D eigenvalue weighted by atomic mass is 16.5. The molecule has 0 radical (unpaired) electrons. The van der Waals surface area contributed by atoms with Gasteiger partial charge in [0, 0.05) is 17.7 Å². The number of aliphatic carboxylic acids is 1. The van der Waals surface area contributed by atoms with E-state index in [4.69, 9.17) is 4.74 Å². The maximum Gasteiger partial charge on any atom is 0.307 e. The van der Waals surface area contributed by atoms with Crippen LogP contribution in [0.25, 0.3) is 0 Å². The third-order valence-corrected chi connectivity index (χ3v) is 7.59. The van der Waals surface area contributed by atoms with Crippen molar-refractivity contribution >= 4 is 29.4 Å². The average molecular weight is 551 g/mol. The SMILES string of the molecule is CC(CC#N)C(C(=O)Nc1cccc2c1CC(C(=O)O)C2)c1ccc(CN2N=C(c3ccccc3)OCC2=O)cc1. The molecule has 1 aliphatic heterocycles. The lowest BCUT2D eigenvalue weighted by Crippen LogP contribution is -2.36. The number of benzene rings is 3. The summed E-state index contributed by atoms with van der Waals surface area (Å²) in [5.41, 5.74) is 4.74. The molecule has 1 aliphatic carbocycles. The second-order valence-corrected chi connectivity index (χ2v) is 10.4. The molecule has 3 aromatic carbocycles. The van der Waals surface area contributed by atoms with Gasteiger partial charge in [-0.15, -0.1) is 5.10 Å². The van der Waals surface area contributed by atoms with Gasteiger partial charge in [-0.05, 0) is 59.2 Å². The van der Waals surface area contributed by atoms with Gasteiger partial charge in [0.2, 0.25) is 11.8 Å². The molecule has 2 amide bonds. The van der Waals surface area contributed by atoms with E-state index >= 15 is 0 Å². The van der Waals surface area contributed by atoms with Crippen LogP contribution in [0.15, 0.2) is 77.9 Å². The number of hydrazone groups is 1. The topological polar surface area (TPSA) is 132 Å². The van der Waals surface area contributed by atoms with Crippen molar-refractivity contribution in [3.8, 4) is 6.07 Å². The number of nitrogens with one attached hydrogen (secondary N) is 1. The molecule has 9 heteroatoms. The van der Waals surface area contributed by atoms with E-state index in [2.05, 4.69) is 16.5 Å². The summed E-state index contributed by atoms with van der Waals surface area (Å²) in [4.78, 5) is 37.7. The summed E-state index contributed by atoms with van der Waals surface area (Å²) in [6.07, 6.45) is 0.989. The van der Waals surface area contributed by atoms with E-state index in [1.807, 2.05) is 73.7 Å². The van der Waals surface area contributed by atoms with Gasteiger partial charge in [0.1, 0.15) is 0 Å². The number of carboxylic acids is 1. The van der Waals surface area contributed by atoms with E-state index in [0.29, 0.717) is 24.4 Å². The molecule has 3 unspecified atom stereocenters. The van der Waals surface area contributed by atoms with Crippen LogP contribution in [0.3, 0.4) is 0 Å². The van der Waals surface area contributed by atoms with E-state index in [-0.39, 0.29) is 37.3 Å². The summed E-state index contributed by atoms with van der Waals surface area (Å²) in [5, 5.41) is 27.6. The summed E-state index contributed by atoms with van der Waals surface area (Å²) in [6, 6.07) is 24.4. The molecule has 5 rings (SSSR count). The summed E-state index contributed by atoms with van der Waals surface area (Å²) in [6.45, 7) is 2.00.